The molecule has 4 aromatic carbocycles. The number of rotatable bonds is 2. The van der Waals surface area contributed by atoms with Crippen LogP contribution in [0.1, 0.15) is 11.1 Å². The first-order chi connectivity index (χ1) is 14.3. The minimum absolute atomic E-state index is 0. The van der Waals surface area contributed by atoms with Crippen molar-refractivity contribution < 1.29 is 55.2 Å². The van der Waals surface area contributed by atoms with Crippen LogP contribution in [0, 0.1) is 25.5 Å². The Morgan fingerprint density at radius 2 is 0.906 bits per heavy atom. The third-order valence-corrected chi connectivity index (χ3v) is 4.38. The molecule has 0 saturated carbocycles. The van der Waals surface area contributed by atoms with E-state index in [-0.39, 0.29) is 46.4 Å². The summed E-state index contributed by atoms with van der Waals surface area (Å²) in [6.45, 7) is 4.11. The summed E-state index contributed by atoms with van der Waals surface area (Å²) in [5.41, 5.74) is 6.96. The van der Waals surface area contributed by atoms with Gasteiger partial charge in [0.15, 0.2) is 0 Å². The molecule has 0 N–H and O–H groups in total. The van der Waals surface area contributed by atoms with Crippen LogP contribution >= 0.6 is 0 Å². The van der Waals surface area contributed by atoms with Crippen molar-refractivity contribution in [2.24, 2.45) is 0 Å². The molecule has 0 saturated heterocycles. The molecule has 4 aromatic rings. The SMILES string of the molecule is Cc1ccc[c-]1-c1ccc(F)cc1.Cc1ccc[c-]1-c1ccc(F)cc1.[CH3][Ge]([CH3])=[Zr+2].[Cl-].[Cl-]. The molecule has 6 heteroatoms. The van der Waals surface area contributed by atoms with Gasteiger partial charge in [-0.15, -0.1) is 70.8 Å². The summed E-state index contributed by atoms with van der Waals surface area (Å²) in [4.78, 5) is 0. The van der Waals surface area contributed by atoms with Gasteiger partial charge in [-0.3, -0.25) is 0 Å². The number of hydrogen-bond acceptors (Lipinski definition) is 0. The summed E-state index contributed by atoms with van der Waals surface area (Å²) in [6, 6.07) is 25.4. The number of hydrogen-bond donors (Lipinski definition) is 0. The molecule has 0 unspecified atom stereocenters. The van der Waals surface area contributed by atoms with Gasteiger partial charge < -0.3 is 24.8 Å². The van der Waals surface area contributed by atoms with E-state index >= 15 is 0 Å². The molecule has 0 aliphatic carbocycles. The van der Waals surface area contributed by atoms with Gasteiger partial charge in [0.1, 0.15) is 11.6 Å². The molecular formula is C26H26Cl2F2GeZr-2. The van der Waals surface area contributed by atoms with Crippen LogP contribution in [-0.2, 0) is 21.6 Å². The van der Waals surface area contributed by atoms with Gasteiger partial charge in [0.25, 0.3) is 0 Å². The van der Waals surface area contributed by atoms with Crippen molar-refractivity contribution >= 4 is 9.98 Å². The van der Waals surface area contributed by atoms with Crippen LogP contribution in [0.25, 0.3) is 22.3 Å². The largest absolute Gasteiger partial charge is 1.00 e. The Hall–Kier alpha value is -0.994. The Morgan fingerprint density at radius 1 is 0.625 bits per heavy atom. The third kappa shape index (κ3) is 10.3. The maximum atomic E-state index is 12.6. The average molecular weight is 611 g/mol. The van der Waals surface area contributed by atoms with E-state index in [0.717, 1.165) is 11.1 Å². The minimum Gasteiger partial charge on any atom is -1.00 e. The van der Waals surface area contributed by atoms with Crippen molar-refractivity contribution in [3.63, 3.8) is 0 Å². The standard InChI is InChI=1S/2C12H10F.C2H6Ge.2ClH.Zr/c2*1-9-3-2-4-12(9)10-5-7-11(13)8-6-10;1-3-2;;;/h2*2-8H,1H3;1-2H3;2*1H;/q2*-1;;;;+2/p-2. The topological polar surface area (TPSA) is 0 Å². The molecule has 0 heterocycles. The van der Waals surface area contributed by atoms with Gasteiger partial charge in [0.2, 0.25) is 0 Å². The first-order valence-corrected chi connectivity index (χ1v) is 21.4. The van der Waals surface area contributed by atoms with Crippen LogP contribution in [-0.4, -0.2) is 9.98 Å². The van der Waals surface area contributed by atoms with E-state index in [2.05, 4.69) is 37.5 Å². The molecule has 0 radical (unpaired) electrons. The first kappa shape index (κ1) is 31.0. The predicted octanol–water partition coefficient (Wildman–Crippen LogP) is 1.83. The van der Waals surface area contributed by atoms with Crippen molar-refractivity contribution in [2.75, 3.05) is 0 Å². The molecule has 0 fully saturated rings. The zero-order chi connectivity index (χ0) is 22.1. The van der Waals surface area contributed by atoms with Gasteiger partial charge in [-0.1, -0.05) is 49.2 Å². The summed E-state index contributed by atoms with van der Waals surface area (Å²) in [5.74, 6) is 4.37. The normalized spacial score (nSPS) is 9.25. The van der Waals surface area contributed by atoms with Crippen molar-refractivity contribution in [1.82, 2.24) is 0 Å². The monoisotopic (exact) mass is 610 g/mol. The maximum absolute atomic E-state index is 12.6. The molecule has 0 aliphatic heterocycles. The van der Waals surface area contributed by atoms with E-state index in [1.54, 1.807) is 45.9 Å². The molecule has 0 aromatic heterocycles. The number of aryl methyl sites for hydroxylation is 2. The molecule has 32 heavy (non-hydrogen) atoms. The maximum Gasteiger partial charge on any atom is -1.00 e. The zero-order valence-electron chi connectivity index (χ0n) is 18.6. The quantitative estimate of drug-likeness (QED) is 0.240. The molecule has 4 rings (SSSR count). The Kier molecular flexibility index (Phi) is 15.3. The van der Waals surface area contributed by atoms with Crippen LogP contribution in [0.4, 0.5) is 8.78 Å². The van der Waals surface area contributed by atoms with E-state index in [1.165, 1.54) is 46.5 Å². The van der Waals surface area contributed by atoms with E-state index in [9.17, 15) is 8.78 Å². The minimum atomic E-state index is -0.243. The number of benzene rings is 2. The van der Waals surface area contributed by atoms with Crippen LogP contribution in [0.5, 0.6) is 0 Å². The molecule has 0 spiro atoms. The summed E-state index contributed by atoms with van der Waals surface area (Å²) >= 11 is 1.80. The van der Waals surface area contributed by atoms with Crippen LogP contribution < -0.4 is 24.8 Å². The predicted molar refractivity (Wildman–Crippen MR) is 122 cm³/mol. The second-order valence-corrected chi connectivity index (χ2v) is 24.2. The van der Waals surface area contributed by atoms with Gasteiger partial charge in [0, 0.05) is 0 Å². The van der Waals surface area contributed by atoms with Crippen molar-refractivity contribution in [1.29, 1.82) is 0 Å². The fourth-order valence-corrected chi connectivity index (χ4v) is 2.93. The second-order valence-electron chi connectivity index (χ2n) is 7.26. The Labute approximate surface area is 218 Å². The van der Waals surface area contributed by atoms with Gasteiger partial charge in [-0.25, -0.2) is 8.78 Å². The molecule has 0 amide bonds. The van der Waals surface area contributed by atoms with Crippen LogP contribution in [0.15, 0.2) is 84.9 Å². The van der Waals surface area contributed by atoms with Gasteiger partial charge in [0.05, 0.1) is 0 Å². The smallest absolute Gasteiger partial charge is 1.00 e. The summed E-state index contributed by atoms with van der Waals surface area (Å²) in [6.07, 6.45) is 0. The summed E-state index contributed by atoms with van der Waals surface area (Å²) in [7, 11) is -0.243. The Morgan fingerprint density at radius 3 is 1.12 bits per heavy atom. The molecule has 0 aliphatic rings. The molecule has 0 nitrogen and oxygen atoms in total. The van der Waals surface area contributed by atoms with Crippen molar-refractivity contribution in [2.45, 2.75) is 25.4 Å². The molecule has 0 atom stereocenters. The molecule has 0 bridgehead atoms. The zero-order valence-corrected chi connectivity index (χ0v) is 24.7. The van der Waals surface area contributed by atoms with Crippen LogP contribution in [0.2, 0.25) is 11.5 Å². The van der Waals surface area contributed by atoms with Crippen molar-refractivity contribution in [3.05, 3.63) is 108 Å². The molecule has 168 valence electrons. The van der Waals surface area contributed by atoms with E-state index in [0.29, 0.717) is 0 Å². The number of halogens is 4. The molecular weight excluding hydrogens is 585 g/mol. The Balaban J connectivity index is 0.000000490. The summed E-state index contributed by atoms with van der Waals surface area (Å²) in [5, 5.41) is 0. The fraction of sp³-hybridized carbons (Fsp3) is 0.154. The van der Waals surface area contributed by atoms with Crippen molar-refractivity contribution in [3.8, 4) is 22.3 Å². The Bertz CT molecular complexity index is 982. The van der Waals surface area contributed by atoms with Crippen LogP contribution in [0.3, 0.4) is 0 Å². The fourth-order valence-electron chi connectivity index (χ4n) is 2.93. The third-order valence-electron chi connectivity index (χ3n) is 4.38. The van der Waals surface area contributed by atoms with E-state index in [4.69, 9.17) is 0 Å². The first-order valence-electron chi connectivity index (χ1n) is 9.76. The van der Waals surface area contributed by atoms with Gasteiger partial charge in [-0.05, 0) is 0 Å². The summed E-state index contributed by atoms with van der Waals surface area (Å²) < 4.78 is 25.3. The van der Waals surface area contributed by atoms with E-state index < -0.39 is 0 Å². The van der Waals surface area contributed by atoms with Gasteiger partial charge in [-0.2, -0.15) is 12.1 Å². The second kappa shape index (κ2) is 15.8. The van der Waals surface area contributed by atoms with Gasteiger partial charge >= 0.3 is 43.1 Å². The van der Waals surface area contributed by atoms with E-state index in [1.807, 2.05) is 24.3 Å². The average Bonchev–Trinajstić information content (AvgIpc) is 3.31.